The summed E-state index contributed by atoms with van der Waals surface area (Å²) in [5.74, 6) is -0.808. The molecule has 0 fully saturated rings. The van der Waals surface area contributed by atoms with Crippen molar-refractivity contribution < 1.29 is 18.3 Å². The normalized spacial score (nSPS) is 17.7. The molecule has 1 heterocycles. The van der Waals surface area contributed by atoms with E-state index >= 15 is 0 Å². The molecule has 144 valence electrons. The van der Waals surface area contributed by atoms with Gasteiger partial charge in [0.15, 0.2) is 0 Å². The maximum Gasteiger partial charge on any atom is 0.303 e. The van der Waals surface area contributed by atoms with Gasteiger partial charge in [-0.1, -0.05) is 40.2 Å². The first-order valence-electron chi connectivity index (χ1n) is 8.65. The second-order valence-electron chi connectivity index (χ2n) is 6.45. The smallest absolute Gasteiger partial charge is 0.303 e. The summed E-state index contributed by atoms with van der Waals surface area (Å²) < 4.78 is 28.3. The molecule has 0 radical (unpaired) electrons. The molecule has 0 aromatic heterocycles. The average Bonchev–Trinajstić information content (AvgIpc) is 2.70. The van der Waals surface area contributed by atoms with Gasteiger partial charge in [0.25, 0.3) is 10.0 Å². The molecule has 1 aliphatic heterocycles. The minimum Gasteiger partial charge on any atom is -0.481 e. The first-order valence-corrected chi connectivity index (χ1v) is 10.9. The number of sulfonamides is 1. The number of nitrogens with one attached hydrogen (secondary N) is 1. The minimum absolute atomic E-state index is 0.129. The molecular weight excluding hydrogens is 432 g/mol. The van der Waals surface area contributed by atoms with E-state index < -0.39 is 16.0 Å². The molecule has 0 amide bonds. The first kappa shape index (κ1) is 19.9. The second kappa shape index (κ2) is 8.00. The molecule has 0 aliphatic carbocycles. The fraction of sp³-hybridized carbons (Fsp3) is 0.316. The second-order valence-corrected chi connectivity index (χ2v) is 9.30. The number of fused-ring (bicyclic) bond motifs is 2. The summed E-state index contributed by atoms with van der Waals surface area (Å²) in [4.78, 5) is 10.9. The Kier molecular flexibility index (Phi) is 5.88. The molecule has 27 heavy (non-hydrogen) atoms. The Balaban J connectivity index is 2.01. The Bertz CT molecular complexity index is 962. The third kappa shape index (κ3) is 4.02. The van der Waals surface area contributed by atoms with E-state index in [9.17, 15) is 13.2 Å². The van der Waals surface area contributed by atoms with E-state index in [2.05, 4.69) is 21.2 Å². The number of unbranched alkanes of at least 4 members (excludes halogenated alkanes) is 1. The molecule has 0 bridgehead atoms. The SMILES string of the molecule is CN1c2ccccc2C(NCCCCC(=O)O)c2ccc(Br)cc2S1(=O)=O. The van der Waals surface area contributed by atoms with Crippen molar-refractivity contribution in [3.05, 3.63) is 58.1 Å². The van der Waals surface area contributed by atoms with Crippen molar-refractivity contribution in [3.8, 4) is 0 Å². The lowest BCUT2D eigenvalue weighted by Crippen LogP contribution is -2.26. The number of nitrogens with zero attached hydrogens (tertiary/aromatic N) is 1. The van der Waals surface area contributed by atoms with Crippen LogP contribution < -0.4 is 9.62 Å². The van der Waals surface area contributed by atoms with Gasteiger partial charge in [0.05, 0.1) is 16.6 Å². The maximum absolute atomic E-state index is 13.1. The molecule has 8 heteroatoms. The summed E-state index contributed by atoms with van der Waals surface area (Å²) in [5.41, 5.74) is 2.20. The Hall–Kier alpha value is -1.90. The molecule has 1 unspecified atom stereocenters. The fourth-order valence-corrected chi connectivity index (χ4v) is 5.29. The molecule has 0 spiro atoms. The summed E-state index contributed by atoms with van der Waals surface area (Å²) in [5, 5.41) is 12.2. The highest BCUT2D eigenvalue weighted by molar-refractivity contribution is 9.10. The van der Waals surface area contributed by atoms with Crippen LogP contribution in [-0.4, -0.2) is 33.1 Å². The third-order valence-electron chi connectivity index (χ3n) is 4.68. The topological polar surface area (TPSA) is 86.7 Å². The summed E-state index contributed by atoms with van der Waals surface area (Å²) in [6.07, 6.45) is 1.39. The standard InChI is InChI=1S/C19H21BrN2O4S/c1-22-16-7-3-2-6-14(16)19(21-11-5-4-8-18(23)24)15-10-9-13(20)12-17(15)27(22,25)26/h2-3,6-7,9-10,12,19,21H,4-5,8,11H2,1H3,(H,23,24). The number of carboxylic acid groups (broad SMARTS) is 1. The van der Waals surface area contributed by atoms with Crippen molar-refractivity contribution in [1.29, 1.82) is 0 Å². The van der Waals surface area contributed by atoms with Crippen LogP contribution in [0.15, 0.2) is 51.8 Å². The van der Waals surface area contributed by atoms with Gasteiger partial charge in [-0.25, -0.2) is 8.42 Å². The molecule has 0 saturated heterocycles. The number of hydrogen-bond donors (Lipinski definition) is 2. The monoisotopic (exact) mass is 452 g/mol. The van der Waals surface area contributed by atoms with Gasteiger partial charge in [-0.3, -0.25) is 9.10 Å². The maximum atomic E-state index is 13.1. The summed E-state index contributed by atoms with van der Waals surface area (Å²) in [6, 6.07) is 12.4. The molecular formula is C19H21BrN2O4S. The first-order chi connectivity index (χ1) is 12.8. The van der Waals surface area contributed by atoms with E-state index in [-0.39, 0.29) is 17.4 Å². The van der Waals surface area contributed by atoms with Crippen molar-refractivity contribution in [1.82, 2.24) is 5.32 Å². The molecule has 2 aromatic rings. The number of anilines is 1. The van der Waals surface area contributed by atoms with Crippen LogP contribution in [-0.2, 0) is 14.8 Å². The van der Waals surface area contributed by atoms with Crippen LogP contribution >= 0.6 is 15.9 Å². The lowest BCUT2D eigenvalue weighted by molar-refractivity contribution is -0.137. The van der Waals surface area contributed by atoms with Gasteiger partial charge in [0, 0.05) is 17.9 Å². The average molecular weight is 453 g/mol. The van der Waals surface area contributed by atoms with E-state index in [1.807, 2.05) is 30.3 Å². The Labute approximate surface area is 167 Å². The largest absolute Gasteiger partial charge is 0.481 e. The Morgan fingerprint density at radius 3 is 2.67 bits per heavy atom. The van der Waals surface area contributed by atoms with Crippen molar-refractivity contribution >= 4 is 37.6 Å². The lowest BCUT2D eigenvalue weighted by atomic mass is 9.96. The van der Waals surface area contributed by atoms with Crippen molar-refractivity contribution in [2.45, 2.75) is 30.2 Å². The number of hydrogen-bond acceptors (Lipinski definition) is 4. The highest BCUT2D eigenvalue weighted by Gasteiger charge is 2.34. The summed E-state index contributed by atoms with van der Waals surface area (Å²) >= 11 is 3.37. The van der Waals surface area contributed by atoms with Gasteiger partial charge in [-0.2, -0.15) is 0 Å². The number of para-hydroxylation sites is 1. The predicted molar refractivity (Wildman–Crippen MR) is 108 cm³/mol. The van der Waals surface area contributed by atoms with Gasteiger partial charge in [-0.05, 0) is 48.7 Å². The van der Waals surface area contributed by atoms with Gasteiger partial charge in [0.1, 0.15) is 0 Å². The van der Waals surface area contributed by atoms with Crippen molar-refractivity contribution in [2.24, 2.45) is 0 Å². The number of rotatable bonds is 6. The van der Waals surface area contributed by atoms with E-state index in [0.717, 1.165) is 5.56 Å². The zero-order valence-electron chi connectivity index (χ0n) is 14.9. The predicted octanol–water partition coefficient (Wildman–Crippen LogP) is 3.52. The fourth-order valence-electron chi connectivity index (χ4n) is 3.30. The molecule has 3 rings (SSSR count). The van der Waals surface area contributed by atoms with Gasteiger partial charge in [-0.15, -0.1) is 0 Å². The van der Waals surface area contributed by atoms with E-state index in [0.29, 0.717) is 35.1 Å². The van der Waals surface area contributed by atoms with E-state index in [1.54, 1.807) is 19.2 Å². The van der Waals surface area contributed by atoms with Crippen LogP contribution in [0.5, 0.6) is 0 Å². The Morgan fingerprint density at radius 2 is 1.93 bits per heavy atom. The number of carboxylic acids is 1. The minimum atomic E-state index is -3.69. The van der Waals surface area contributed by atoms with Crippen LogP contribution in [0.2, 0.25) is 0 Å². The molecule has 6 nitrogen and oxygen atoms in total. The summed E-state index contributed by atoms with van der Waals surface area (Å²) in [6.45, 7) is 0.589. The zero-order chi connectivity index (χ0) is 19.6. The van der Waals surface area contributed by atoms with Gasteiger partial charge >= 0.3 is 5.97 Å². The van der Waals surface area contributed by atoms with Crippen molar-refractivity contribution in [3.63, 3.8) is 0 Å². The van der Waals surface area contributed by atoms with Crippen LogP contribution in [0.3, 0.4) is 0 Å². The van der Waals surface area contributed by atoms with Crippen LogP contribution in [0.25, 0.3) is 0 Å². The van der Waals surface area contributed by atoms with Crippen molar-refractivity contribution in [2.75, 3.05) is 17.9 Å². The molecule has 2 aromatic carbocycles. The van der Waals surface area contributed by atoms with Crippen LogP contribution in [0.1, 0.15) is 36.4 Å². The van der Waals surface area contributed by atoms with Gasteiger partial charge in [0.2, 0.25) is 0 Å². The molecule has 1 atom stereocenters. The van der Waals surface area contributed by atoms with Gasteiger partial charge < -0.3 is 10.4 Å². The molecule has 0 saturated carbocycles. The quantitative estimate of drug-likeness (QED) is 0.654. The lowest BCUT2D eigenvalue weighted by Gasteiger charge is -2.22. The number of aliphatic carboxylic acids is 1. The zero-order valence-corrected chi connectivity index (χ0v) is 17.3. The Morgan fingerprint density at radius 1 is 1.19 bits per heavy atom. The number of benzene rings is 2. The number of halogens is 1. The van der Waals surface area contributed by atoms with E-state index in [4.69, 9.17) is 5.11 Å². The summed E-state index contributed by atoms with van der Waals surface area (Å²) in [7, 11) is -2.12. The van der Waals surface area contributed by atoms with Crippen LogP contribution in [0.4, 0.5) is 5.69 Å². The highest BCUT2D eigenvalue weighted by Crippen LogP contribution is 2.40. The van der Waals surface area contributed by atoms with Crippen LogP contribution in [0, 0.1) is 0 Å². The van der Waals surface area contributed by atoms with E-state index in [1.165, 1.54) is 4.31 Å². The third-order valence-corrected chi connectivity index (χ3v) is 7.00. The highest BCUT2D eigenvalue weighted by atomic mass is 79.9. The number of carbonyl (C=O) groups is 1. The molecule has 1 aliphatic rings. The molecule has 2 N–H and O–H groups in total.